The third-order valence-electron chi connectivity index (χ3n) is 1.83. The molecule has 0 atom stereocenters. The minimum Gasteiger partial charge on any atom is -0.297 e. The summed E-state index contributed by atoms with van der Waals surface area (Å²) in [4.78, 5) is 24.8. The van der Waals surface area contributed by atoms with Crippen molar-refractivity contribution in [3.63, 3.8) is 0 Å². The van der Waals surface area contributed by atoms with Gasteiger partial charge in [0.05, 0.1) is 0 Å². The predicted molar refractivity (Wildman–Crippen MR) is 49.8 cm³/mol. The number of aromatic nitrogens is 2. The molecule has 0 saturated heterocycles. The van der Waals surface area contributed by atoms with Crippen LogP contribution in [-0.2, 0) is 7.05 Å². The second-order valence-electron chi connectivity index (χ2n) is 2.64. The topological polar surface area (TPSA) is 70.1 Å². The van der Waals surface area contributed by atoms with E-state index in [2.05, 4.69) is 10.4 Å². The summed E-state index contributed by atoms with van der Waals surface area (Å²) in [5, 5.41) is 1.54. The molecule has 1 heterocycles. The van der Waals surface area contributed by atoms with Crippen molar-refractivity contribution in [3.05, 3.63) is 26.9 Å². The van der Waals surface area contributed by atoms with Crippen molar-refractivity contribution < 1.29 is 0 Å². The number of nitrogens with zero attached hydrogens (tertiary/aromatic N) is 2. The van der Waals surface area contributed by atoms with Crippen LogP contribution in [0.5, 0.6) is 0 Å². The molecular weight excluding hydrogens is 172 g/mol. The van der Waals surface area contributed by atoms with Crippen LogP contribution in [0.15, 0.2) is 15.7 Å². The Morgan fingerprint density at radius 3 is 2.62 bits per heavy atom. The van der Waals surface area contributed by atoms with Gasteiger partial charge >= 0.3 is 5.69 Å². The van der Waals surface area contributed by atoms with Gasteiger partial charge in [0.1, 0.15) is 5.82 Å². The van der Waals surface area contributed by atoms with Gasteiger partial charge in [-0.05, 0) is 0 Å². The van der Waals surface area contributed by atoms with Crippen molar-refractivity contribution in [1.82, 2.24) is 15.0 Å². The first-order valence-electron chi connectivity index (χ1n) is 3.77. The summed E-state index contributed by atoms with van der Waals surface area (Å²) in [6.07, 6.45) is 0. The number of hydrogen-bond donors (Lipinski definition) is 2. The molecule has 0 radical (unpaired) electrons. The van der Waals surface area contributed by atoms with E-state index in [-0.39, 0.29) is 5.56 Å². The van der Waals surface area contributed by atoms with E-state index in [0.717, 1.165) is 4.57 Å². The minimum atomic E-state index is -0.426. The zero-order valence-electron chi connectivity index (χ0n) is 7.79. The summed E-state index contributed by atoms with van der Waals surface area (Å²) in [6, 6.07) is 1.35. The third-order valence-corrected chi connectivity index (χ3v) is 1.83. The fraction of sp³-hybridized carbons (Fsp3) is 0.429. The number of rotatable bonds is 2. The SMILES string of the molecule is CNN(C)c1cc(=O)n(C)c(=O)[nH]1. The molecule has 0 saturated carbocycles. The van der Waals surface area contributed by atoms with Gasteiger partial charge in [-0.2, -0.15) is 0 Å². The number of hydrogen-bond acceptors (Lipinski definition) is 4. The van der Waals surface area contributed by atoms with Crippen LogP contribution in [-0.4, -0.2) is 23.6 Å². The van der Waals surface area contributed by atoms with Crippen LogP contribution in [0.4, 0.5) is 5.82 Å². The van der Waals surface area contributed by atoms with E-state index >= 15 is 0 Å². The highest BCUT2D eigenvalue weighted by Crippen LogP contribution is 1.96. The molecule has 0 aliphatic heterocycles. The first kappa shape index (κ1) is 9.53. The highest BCUT2D eigenvalue weighted by molar-refractivity contribution is 5.33. The highest BCUT2D eigenvalue weighted by atomic mass is 16.2. The predicted octanol–water partition coefficient (Wildman–Crippen LogP) is -1.36. The zero-order valence-corrected chi connectivity index (χ0v) is 7.79. The molecule has 1 aromatic heterocycles. The van der Waals surface area contributed by atoms with Crippen molar-refractivity contribution in [2.45, 2.75) is 0 Å². The van der Waals surface area contributed by atoms with Gasteiger partial charge in [-0.1, -0.05) is 0 Å². The molecule has 0 aliphatic rings. The summed E-state index contributed by atoms with van der Waals surface area (Å²) in [6.45, 7) is 0. The van der Waals surface area contributed by atoms with Crippen LogP contribution in [0, 0.1) is 0 Å². The van der Waals surface area contributed by atoms with Gasteiger partial charge < -0.3 is 0 Å². The van der Waals surface area contributed by atoms with Crippen LogP contribution in [0.25, 0.3) is 0 Å². The number of aromatic amines is 1. The molecule has 1 rings (SSSR count). The minimum absolute atomic E-state index is 0.333. The summed E-state index contributed by atoms with van der Waals surface area (Å²) < 4.78 is 1.01. The lowest BCUT2D eigenvalue weighted by Gasteiger charge is -2.16. The van der Waals surface area contributed by atoms with Crippen LogP contribution in [0.2, 0.25) is 0 Å². The van der Waals surface area contributed by atoms with E-state index < -0.39 is 5.69 Å². The maximum absolute atomic E-state index is 11.2. The van der Waals surface area contributed by atoms with Gasteiger partial charge in [0.15, 0.2) is 0 Å². The molecule has 0 spiro atoms. The van der Waals surface area contributed by atoms with Gasteiger partial charge in [-0.25, -0.2) is 10.2 Å². The van der Waals surface area contributed by atoms with Gasteiger partial charge in [-0.15, -0.1) is 0 Å². The Bertz CT molecular complexity index is 374. The maximum atomic E-state index is 11.2. The molecule has 0 aromatic carbocycles. The molecule has 6 heteroatoms. The van der Waals surface area contributed by atoms with Gasteiger partial charge in [0.25, 0.3) is 5.56 Å². The van der Waals surface area contributed by atoms with E-state index in [1.165, 1.54) is 13.1 Å². The largest absolute Gasteiger partial charge is 0.329 e. The molecule has 13 heavy (non-hydrogen) atoms. The summed E-state index contributed by atoms with van der Waals surface area (Å²) >= 11 is 0. The Morgan fingerprint density at radius 1 is 1.54 bits per heavy atom. The number of hydrazine groups is 1. The first-order valence-corrected chi connectivity index (χ1v) is 3.77. The van der Waals surface area contributed by atoms with E-state index in [4.69, 9.17) is 0 Å². The average molecular weight is 184 g/mol. The fourth-order valence-electron chi connectivity index (χ4n) is 0.844. The van der Waals surface area contributed by atoms with Gasteiger partial charge in [-0.3, -0.25) is 19.4 Å². The van der Waals surface area contributed by atoms with Crippen molar-refractivity contribution in [2.24, 2.45) is 7.05 Å². The van der Waals surface area contributed by atoms with Gasteiger partial charge in [0.2, 0.25) is 0 Å². The van der Waals surface area contributed by atoms with Crippen LogP contribution in [0.1, 0.15) is 0 Å². The zero-order chi connectivity index (χ0) is 10.0. The molecule has 0 aliphatic carbocycles. The molecule has 72 valence electrons. The van der Waals surface area contributed by atoms with Crippen molar-refractivity contribution >= 4 is 5.82 Å². The molecule has 0 amide bonds. The fourth-order valence-corrected chi connectivity index (χ4v) is 0.844. The first-order chi connectivity index (χ1) is 6.06. The highest BCUT2D eigenvalue weighted by Gasteiger charge is 2.02. The van der Waals surface area contributed by atoms with E-state index in [9.17, 15) is 9.59 Å². The van der Waals surface area contributed by atoms with Crippen LogP contribution in [0.3, 0.4) is 0 Å². The standard InChI is InChI=1S/C7H12N4O2/c1-8-11(3)5-4-6(12)10(2)7(13)9-5/h4,8H,1-3H3,(H,9,13). The Kier molecular flexibility index (Phi) is 2.52. The molecule has 6 nitrogen and oxygen atoms in total. The summed E-state index contributed by atoms with van der Waals surface area (Å²) in [5.41, 5.74) is 2.01. The maximum Gasteiger partial charge on any atom is 0.329 e. The third kappa shape index (κ3) is 1.78. The Labute approximate surface area is 74.8 Å². The monoisotopic (exact) mass is 184 g/mol. The molecule has 0 unspecified atom stereocenters. The summed E-state index contributed by atoms with van der Waals surface area (Å²) in [7, 11) is 4.81. The Balaban J connectivity index is 3.29. The van der Waals surface area contributed by atoms with E-state index in [1.54, 1.807) is 19.1 Å². The van der Waals surface area contributed by atoms with Crippen LogP contribution < -0.4 is 21.7 Å². The number of anilines is 1. The molecular formula is C7H12N4O2. The van der Waals surface area contributed by atoms with Crippen molar-refractivity contribution in [2.75, 3.05) is 19.1 Å². The molecule has 2 N–H and O–H groups in total. The Morgan fingerprint density at radius 2 is 2.15 bits per heavy atom. The lowest BCUT2D eigenvalue weighted by atomic mass is 10.5. The van der Waals surface area contributed by atoms with E-state index in [0.29, 0.717) is 5.82 Å². The van der Waals surface area contributed by atoms with E-state index in [1.807, 2.05) is 0 Å². The average Bonchev–Trinajstić information content (AvgIpc) is 2.12. The summed E-state index contributed by atoms with van der Waals surface area (Å²) in [5.74, 6) is 0.440. The Hall–Kier alpha value is -1.56. The lowest BCUT2D eigenvalue weighted by molar-refractivity contribution is 0.729. The smallest absolute Gasteiger partial charge is 0.297 e. The second kappa shape index (κ2) is 3.44. The molecule has 1 aromatic rings. The molecule has 0 fully saturated rings. The van der Waals surface area contributed by atoms with Crippen molar-refractivity contribution in [1.29, 1.82) is 0 Å². The number of nitrogens with one attached hydrogen (secondary N) is 2. The molecule has 0 bridgehead atoms. The van der Waals surface area contributed by atoms with Crippen molar-refractivity contribution in [3.8, 4) is 0 Å². The van der Waals surface area contributed by atoms with Crippen LogP contribution >= 0.6 is 0 Å². The normalized spacial score (nSPS) is 10.1. The lowest BCUT2D eigenvalue weighted by Crippen LogP contribution is -2.38. The quantitative estimate of drug-likeness (QED) is 0.557. The second-order valence-corrected chi connectivity index (χ2v) is 2.64. The van der Waals surface area contributed by atoms with Gasteiger partial charge in [0, 0.05) is 27.2 Å². The number of H-pyrrole nitrogens is 1.